The van der Waals surface area contributed by atoms with Crippen LogP contribution in [-0.2, 0) is 28.3 Å². The van der Waals surface area contributed by atoms with Crippen LogP contribution in [0.1, 0.15) is 37.5 Å². The van der Waals surface area contributed by atoms with Crippen LogP contribution in [0.25, 0.3) is 0 Å². The van der Waals surface area contributed by atoms with Gasteiger partial charge in [0.1, 0.15) is 11.9 Å². The van der Waals surface area contributed by atoms with Gasteiger partial charge >= 0.3 is 0 Å². The number of halogens is 2. The SMILES string of the molecule is CC(C)(C)NC(=O)[C@H](Cc1ccccc1)N(Cc1ccc(Cl)cc1)C(=O)CSCc1ccc(F)cc1. The lowest BCUT2D eigenvalue weighted by Crippen LogP contribution is -2.54. The maximum Gasteiger partial charge on any atom is 0.243 e. The summed E-state index contributed by atoms with van der Waals surface area (Å²) in [7, 11) is 0. The summed E-state index contributed by atoms with van der Waals surface area (Å²) in [5.74, 6) is 0.138. The normalized spacial score (nSPS) is 12.1. The van der Waals surface area contributed by atoms with E-state index in [-0.39, 0.29) is 29.9 Å². The molecule has 0 spiro atoms. The van der Waals surface area contributed by atoms with E-state index in [4.69, 9.17) is 11.6 Å². The minimum absolute atomic E-state index is 0.137. The Morgan fingerprint density at radius 3 is 2.14 bits per heavy atom. The Kier molecular flexibility index (Phi) is 9.97. The van der Waals surface area contributed by atoms with Gasteiger partial charge in [0.15, 0.2) is 0 Å². The summed E-state index contributed by atoms with van der Waals surface area (Å²) in [4.78, 5) is 28.8. The number of rotatable bonds is 10. The van der Waals surface area contributed by atoms with Gasteiger partial charge in [-0.25, -0.2) is 4.39 Å². The molecule has 3 aromatic rings. The Morgan fingerprint density at radius 1 is 0.917 bits per heavy atom. The average molecular weight is 527 g/mol. The molecule has 0 saturated carbocycles. The van der Waals surface area contributed by atoms with Crippen LogP contribution >= 0.6 is 23.4 Å². The Balaban J connectivity index is 1.85. The molecule has 0 aliphatic heterocycles. The Morgan fingerprint density at radius 2 is 1.53 bits per heavy atom. The summed E-state index contributed by atoms with van der Waals surface area (Å²) in [6, 6.07) is 22.6. The lowest BCUT2D eigenvalue weighted by molar-refractivity contribution is -0.140. The number of carbonyl (C=O) groups excluding carboxylic acids is 2. The number of thioether (sulfide) groups is 1. The van der Waals surface area contributed by atoms with E-state index in [1.165, 1.54) is 23.9 Å². The number of nitrogens with one attached hydrogen (secondary N) is 1. The van der Waals surface area contributed by atoms with Gasteiger partial charge in [-0.1, -0.05) is 66.2 Å². The van der Waals surface area contributed by atoms with E-state index >= 15 is 0 Å². The van der Waals surface area contributed by atoms with Crippen molar-refractivity contribution in [3.8, 4) is 0 Å². The van der Waals surface area contributed by atoms with Crippen molar-refractivity contribution in [1.29, 1.82) is 0 Å². The van der Waals surface area contributed by atoms with Crippen LogP contribution in [0.3, 0.4) is 0 Å². The molecule has 3 aromatic carbocycles. The zero-order valence-corrected chi connectivity index (χ0v) is 22.4. The predicted octanol–water partition coefficient (Wildman–Crippen LogP) is 6.27. The number of benzene rings is 3. The highest BCUT2D eigenvalue weighted by atomic mass is 35.5. The van der Waals surface area contributed by atoms with E-state index in [0.717, 1.165) is 16.7 Å². The van der Waals surface area contributed by atoms with Crippen molar-refractivity contribution in [2.45, 2.75) is 51.1 Å². The number of amides is 2. The summed E-state index contributed by atoms with van der Waals surface area (Å²) >= 11 is 7.51. The lowest BCUT2D eigenvalue weighted by atomic mass is 10.0. The summed E-state index contributed by atoms with van der Waals surface area (Å²) in [6.45, 7) is 6.05. The third-order valence-electron chi connectivity index (χ3n) is 5.44. The number of carbonyl (C=O) groups is 2. The van der Waals surface area contributed by atoms with E-state index in [1.807, 2.05) is 63.2 Å². The first-order valence-electron chi connectivity index (χ1n) is 11.8. The van der Waals surface area contributed by atoms with Crippen LogP contribution in [0.5, 0.6) is 0 Å². The van der Waals surface area contributed by atoms with Gasteiger partial charge in [0.25, 0.3) is 0 Å². The standard InChI is InChI=1S/C29H32ClFN2O2S/c1-29(2,3)32-28(35)26(17-21-7-5-4-6-8-21)33(18-22-9-13-24(30)14-10-22)27(34)20-36-19-23-11-15-25(31)16-12-23/h4-16,26H,17-20H2,1-3H3,(H,32,35)/t26-/m0/s1. The molecule has 2 amide bonds. The topological polar surface area (TPSA) is 49.4 Å². The van der Waals surface area contributed by atoms with Gasteiger partial charge < -0.3 is 10.2 Å². The second kappa shape index (κ2) is 12.9. The second-order valence-electron chi connectivity index (χ2n) is 9.71. The maximum atomic E-state index is 13.6. The van der Waals surface area contributed by atoms with E-state index in [0.29, 0.717) is 17.2 Å². The smallest absolute Gasteiger partial charge is 0.243 e. The molecule has 0 radical (unpaired) electrons. The molecule has 0 aliphatic rings. The van der Waals surface area contributed by atoms with Crippen molar-refractivity contribution < 1.29 is 14.0 Å². The molecule has 4 nitrogen and oxygen atoms in total. The Labute approximate surface area is 222 Å². The zero-order valence-electron chi connectivity index (χ0n) is 20.8. The van der Waals surface area contributed by atoms with Crippen molar-refractivity contribution in [2.24, 2.45) is 0 Å². The molecule has 0 heterocycles. The fraction of sp³-hybridized carbons (Fsp3) is 0.310. The molecule has 0 fully saturated rings. The highest BCUT2D eigenvalue weighted by Crippen LogP contribution is 2.20. The van der Waals surface area contributed by atoms with Crippen LogP contribution < -0.4 is 5.32 Å². The van der Waals surface area contributed by atoms with Crippen LogP contribution in [0.15, 0.2) is 78.9 Å². The fourth-order valence-electron chi connectivity index (χ4n) is 3.71. The zero-order chi connectivity index (χ0) is 26.1. The Bertz CT molecular complexity index is 1130. The molecule has 0 unspecified atom stereocenters. The molecule has 0 saturated heterocycles. The van der Waals surface area contributed by atoms with Crippen molar-refractivity contribution in [2.75, 3.05) is 5.75 Å². The first-order valence-corrected chi connectivity index (χ1v) is 13.4. The predicted molar refractivity (Wildman–Crippen MR) is 146 cm³/mol. The third kappa shape index (κ3) is 8.99. The molecule has 1 atom stereocenters. The molecule has 7 heteroatoms. The summed E-state index contributed by atoms with van der Waals surface area (Å²) in [5.41, 5.74) is 2.35. The fourth-order valence-corrected chi connectivity index (χ4v) is 4.71. The van der Waals surface area contributed by atoms with Crippen molar-refractivity contribution in [1.82, 2.24) is 10.2 Å². The van der Waals surface area contributed by atoms with Gasteiger partial charge in [0, 0.05) is 29.3 Å². The minimum Gasteiger partial charge on any atom is -0.350 e. The lowest BCUT2D eigenvalue weighted by Gasteiger charge is -2.34. The van der Waals surface area contributed by atoms with Crippen molar-refractivity contribution in [3.05, 3.63) is 106 Å². The molecule has 36 heavy (non-hydrogen) atoms. The number of hydrogen-bond acceptors (Lipinski definition) is 3. The maximum absolute atomic E-state index is 13.6. The monoisotopic (exact) mass is 526 g/mol. The highest BCUT2D eigenvalue weighted by Gasteiger charge is 2.32. The summed E-state index contributed by atoms with van der Waals surface area (Å²) < 4.78 is 13.2. The van der Waals surface area contributed by atoms with Crippen molar-refractivity contribution in [3.63, 3.8) is 0 Å². The first-order chi connectivity index (χ1) is 17.1. The van der Waals surface area contributed by atoms with Gasteiger partial charge in [-0.2, -0.15) is 0 Å². The van der Waals surface area contributed by atoms with E-state index in [1.54, 1.807) is 29.2 Å². The van der Waals surface area contributed by atoms with Gasteiger partial charge in [-0.05, 0) is 61.7 Å². The van der Waals surface area contributed by atoms with Crippen LogP contribution in [0.4, 0.5) is 4.39 Å². The molecule has 1 N–H and O–H groups in total. The highest BCUT2D eigenvalue weighted by molar-refractivity contribution is 7.99. The summed E-state index contributed by atoms with van der Waals surface area (Å²) in [5, 5.41) is 3.67. The van der Waals surface area contributed by atoms with E-state index < -0.39 is 11.6 Å². The van der Waals surface area contributed by atoms with Crippen molar-refractivity contribution >= 4 is 35.2 Å². The third-order valence-corrected chi connectivity index (χ3v) is 6.68. The van der Waals surface area contributed by atoms with Gasteiger partial charge in [-0.3, -0.25) is 9.59 Å². The van der Waals surface area contributed by atoms with Crippen LogP contribution in [0, 0.1) is 5.82 Å². The molecule has 0 aromatic heterocycles. The van der Waals surface area contributed by atoms with Gasteiger partial charge in [-0.15, -0.1) is 11.8 Å². The molecule has 3 rings (SSSR count). The molecule has 0 aliphatic carbocycles. The number of hydrogen-bond donors (Lipinski definition) is 1. The van der Waals surface area contributed by atoms with Gasteiger partial charge in [0.05, 0.1) is 5.75 Å². The second-order valence-corrected chi connectivity index (χ2v) is 11.1. The van der Waals surface area contributed by atoms with Gasteiger partial charge in [0.2, 0.25) is 11.8 Å². The average Bonchev–Trinajstić information content (AvgIpc) is 2.83. The molecular formula is C29H32ClFN2O2S. The molecule has 0 bridgehead atoms. The van der Waals surface area contributed by atoms with Crippen LogP contribution in [-0.4, -0.2) is 34.0 Å². The van der Waals surface area contributed by atoms with E-state index in [9.17, 15) is 14.0 Å². The Hall–Kier alpha value is -2.83. The summed E-state index contributed by atoms with van der Waals surface area (Å²) in [6.07, 6.45) is 0.394. The quantitative estimate of drug-likeness (QED) is 0.339. The largest absolute Gasteiger partial charge is 0.350 e. The van der Waals surface area contributed by atoms with Crippen LogP contribution in [0.2, 0.25) is 5.02 Å². The number of nitrogens with zero attached hydrogens (tertiary/aromatic N) is 1. The first kappa shape index (κ1) is 27.8. The molecular weight excluding hydrogens is 495 g/mol. The van der Waals surface area contributed by atoms with E-state index in [2.05, 4.69) is 5.32 Å². The molecule has 190 valence electrons. The minimum atomic E-state index is -0.693.